The van der Waals surface area contributed by atoms with Gasteiger partial charge >= 0.3 is 0 Å². The molecule has 34 heavy (non-hydrogen) atoms. The van der Waals surface area contributed by atoms with Crippen LogP contribution in [0.15, 0.2) is 30.4 Å². The van der Waals surface area contributed by atoms with Crippen molar-refractivity contribution in [2.24, 2.45) is 11.8 Å². The van der Waals surface area contributed by atoms with Crippen LogP contribution in [0, 0.1) is 11.8 Å². The molecule has 2 rings (SSSR count). The number of Topliss-reactive ketones (excluding diaryl/α,β-unsaturated/α-hetero) is 3. The molecule has 4 heteroatoms. The molecule has 1 unspecified atom stereocenters. The maximum atomic E-state index is 12.2. The van der Waals surface area contributed by atoms with Crippen LogP contribution in [-0.2, 0) is 4.79 Å². The molecule has 1 fully saturated rings. The fraction of sp³-hybridized carbons (Fsp3) is 0.633. The van der Waals surface area contributed by atoms with Gasteiger partial charge in [-0.2, -0.15) is 0 Å². The number of rotatable bonds is 9. The van der Waals surface area contributed by atoms with E-state index >= 15 is 0 Å². The van der Waals surface area contributed by atoms with Gasteiger partial charge in [-0.1, -0.05) is 72.2 Å². The Kier molecular flexibility index (Phi) is 16.3. The van der Waals surface area contributed by atoms with Crippen molar-refractivity contribution in [3.05, 3.63) is 47.0 Å². The van der Waals surface area contributed by atoms with E-state index in [-0.39, 0.29) is 17.5 Å². The molecule has 0 bridgehead atoms. The molecule has 1 N–H and O–H groups in total. The molecule has 0 aromatic heterocycles. The SMILES string of the molecule is C=C(C)C(C)CCC(=O)CC.CC(=O)c1cc(C2CCNCC2)ccc1C(=O)C(C)C.CCC. The molecule has 1 saturated heterocycles. The Labute approximate surface area is 209 Å². The largest absolute Gasteiger partial charge is 0.317 e. The molecule has 1 aromatic rings. The lowest BCUT2D eigenvalue weighted by Crippen LogP contribution is -2.26. The first-order valence-corrected chi connectivity index (χ1v) is 13.1. The third-order valence-corrected chi connectivity index (χ3v) is 6.12. The molecule has 1 atom stereocenters. The standard InChI is InChI=1S/C17H23NO2.C10H18O.C3H8/c1-11(2)17(20)15-5-4-14(10-16(15)12(3)19)13-6-8-18-9-7-13;1-5-10(11)7-6-9(4)8(2)3;1-3-2/h4-5,10-11,13,18H,6-9H2,1-3H3;9H,2,5-7H2,1,3-4H3;3H2,1-2H3. The van der Waals surface area contributed by atoms with Crippen LogP contribution in [0.5, 0.6) is 0 Å². The summed E-state index contributed by atoms with van der Waals surface area (Å²) in [6, 6.07) is 5.81. The summed E-state index contributed by atoms with van der Waals surface area (Å²) >= 11 is 0. The van der Waals surface area contributed by atoms with Crippen LogP contribution >= 0.6 is 0 Å². The molecule has 4 nitrogen and oxygen atoms in total. The van der Waals surface area contributed by atoms with Crippen LogP contribution in [0.2, 0.25) is 0 Å². The molecule has 1 heterocycles. The number of piperidine rings is 1. The highest BCUT2D eigenvalue weighted by Gasteiger charge is 2.21. The Morgan fingerprint density at radius 2 is 1.56 bits per heavy atom. The number of carbonyl (C=O) groups excluding carboxylic acids is 3. The molecule has 0 radical (unpaired) electrons. The van der Waals surface area contributed by atoms with Crippen LogP contribution in [0.25, 0.3) is 0 Å². The average Bonchev–Trinajstić information content (AvgIpc) is 2.82. The Morgan fingerprint density at radius 3 is 2.00 bits per heavy atom. The van der Waals surface area contributed by atoms with E-state index in [1.807, 2.05) is 45.9 Å². The third kappa shape index (κ3) is 11.9. The van der Waals surface area contributed by atoms with Crippen LogP contribution in [0.1, 0.15) is 126 Å². The molecular formula is C30H49NO3. The van der Waals surface area contributed by atoms with Crippen molar-refractivity contribution in [2.45, 2.75) is 99.8 Å². The Balaban J connectivity index is 0.000000660. The Hall–Kier alpha value is -2.07. The van der Waals surface area contributed by atoms with Gasteiger partial charge in [-0.15, -0.1) is 0 Å². The van der Waals surface area contributed by atoms with Gasteiger partial charge < -0.3 is 5.32 Å². The number of hydrogen-bond donors (Lipinski definition) is 1. The van der Waals surface area contributed by atoms with Crippen LogP contribution in [-0.4, -0.2) is 30.4 Å². The van der Waals surface area contributed by atoms with Crippen molar-refractivity contribution in [2.75, 3.05) is 13.1 Å². The summed E-state index contributed by atoms with van der Waals surface area (Å²) in [5.41, 5.74) is 3.52. The second-order valence-electron chi connectivity index (χ2n) is 9.79. The van der Waals surface area contributed by atoms with E-state index < -0.39 is 0 Å². The predicted molar refractivity (Wildman–Crippen MR) is 145 cm³/mol. The first kappa shape index (κ1) is 31.9. The highest BCUT2D eigenvalue weighted by molar-refractivity contribution is 6.08. The topological polar surface area (TPSA) is 63.2 Å². The molecule has 1 aliphatic rings. The van der Waals surface area contributed by atoms with Gasteiger partial charge in [-0.05, 0) is 69.7 Å². The monoisotopic (exact) mass is 471 g/mol. The summed E-state index contributed by atoms with van der Waals surface area (Å²) in [6.07, 6.45) is 5.78. The second-order valence-corrected chi connectivity index (χ2v) is 9.79. The summed E-state index contributed by atoms with van der Waals surface area (Å²) in [5.74, 6) is 1.29. The van der Waals surface area contributed by atoms with E-state index in [2.05, 4.69) is 32.7 Å². The summed E-state index contributed by atoms with van der Waals surface area (Å²) in [7, 11) is 0. The summed E-state index contributed by atoms with van der Waals surface area (Å²) in [6.45, 7) is 21.5. The number of benzene rings is 1. The van der Waals surface area contributed by atoms with Gasteiger partial charge in [0.1, 0.15) is 5.78 Å². The minimum absolute atomic E-state index is 0.0233. The lowest BCUT2D eigenvalue weighted by molar-refractivity contribution is -0.119. The van der Waals surface area contributed by atoms with Gasteiger partial charge in [0.05, 0.1) is 0 Å². The smallest absolute Gasteiger partial charge is 0.166 e. The van der Waals surface area contributed by atoms with Gasteiger partial charge in [-0.3, -0.25) is 14.4 Å². The minimum Gasteiger partial charge on any atom is -0.317 e. The maximum Gasteiger partial charge on any atom is 0.166 e. The first-order chi connectivity index (χ1) is 16.0. The maximum absolute atomic E-state index is 12.2. The highest BCUT2D eigenvalue weighted by atomic mass is 16.1. The van der Waals surface area contributed by atoms with E-state index in [0.717, 1.165) is 32.4 Å². The second kappa shape index (κ2) is 17.4. The van der Waals surface area contributed by atoms with E-state index in [0.29, 0.717) is 41.6 Å². The van der Waals surface area contributed by atoms with Crippen LogP contribution < -0.4 is 5.32 Å². The van der Waals surface area contributed by atoms with Gasteiger partial charge in [-0.25, -0.2) is 0 Å². The molecule has 1 aromatic carbocycles. The molecule has 0 amide bonds. The van der Waals surface area contributed by atoms with Crippen molar-refractivity contribution in [3.8, 4) is 0 Å². The Morgan fingerprint density at radius 1 is 1.00 bits per heavy atom. The first-order valence-electron chi connectivity index (χ1n) is 13.1. The van der Waals surface area contributed by atoms with E-state index in [1.165, 1.54) is 17.6 Å². The molecule has 0 spiro atoms. The van der Waals surface area contributed by atoms with Crippen molar-refractivity contribution in [1.29, 1.82) is 0 Å². The van der Waals surface area contributed by atoms with Crippen molar-refractivity contribution in [1.82, 2.24) is 5.32 Å². The molecule has 1 aliphatic heterocycles. The predicted octanol–water partition coefficient (Wildman–Crippen LogP) is 7.57. The molecule has 192 valence electrons. The van der Waals surface area contributed by atoms with Crippen molar-refractivity contribution < 1.29 is 14.4 Å². The zero-order chi connectivity index (χ0) is 26.3. The quantitative estimate of drug-likeness (QED) is 0.298. The summed E-state index contributed by atoms with van der Waals surface area (Å²) in [4.78, 5) is 35.0. The highest BCUT2D eigenvalue weighted by Crippen LogP contribution is 2.28. The van der Waals surface area contributed by atoms with E-state index in [4.69, 9.17) is 0 Å². The number of ketones is 3. The third-order valence-electron chi connectivity index (χ3n) is 6.12. The normalized spacial score (nSPS) is 14.3. The number of carbonyl (C=O) groups is 3. The summed E-state index contributed by atoms with van der Waals surface area (Å²) in [5, 5.41) is 3.35. The van der Waals surface area contributed by atoms with Crippen molar-refractivity contribution in [3.63, 3.8) is 0 Å². The van der Waals surface area contributed by atoms with Gasteiger partial charge in [0.15, 0.2) is 11.6 Å². The lowest BCUT2D eigenvalue weighted by Gasteiger charge is -2.24. The average molecular weight is 472 g/mol. The van der Waals surface area contributed by atoms with E-state index in [9.17, 15) is 14.4 Å². The minimum atomic E-state index is -0.0853. The number of nitrogens with one attached hydrogen (secondary N) is 1. The summed E-state index contributed by atoms with van der Waals surface area (Å²) < 4.78 is 0. The molecule has 0 saturated carbocycles. The number of hydrogen-bond acceptors (Lipinski definition) is 4. The zero-order valence-electron chi connectivity index (χ0n) is 23.1. The zero-order valence-corrected chi connectivity index (χ0v) is 23.1. The van der Waals surface area contributed by atoms with Crippen molar-refractivity contribution >= 4 is 17.3 Å². The van der Waals surface area contributed by atoms with Gasteiger partial charge in [0.25, 0.3) is 0 Å². The molecular weight excluding hydrogens is 422 g/mol. The Bertz CT molecular complexity index is 788. The number of allylic oxidation sites excluding steroid dienone is 1. The fourth-order valence-electron chi connectivity index (χ4n) is 3.59. The van der Waals surface area contributed by atoms with Crippen LogP contribution in [0.4, 0.5) is 0 Å². The van der Waals surface area contributed by atoms with E-state index in [1.54, 1.807) is 6.92 Å². The fourth-order valence-corrected chi connectivity index (χ4v) is 3.59. The van der Waals surface area contributed by atoms with Crippen LogP contribution in [0.3, 0.4) is 0 Å². The van der Waals surface area contributed by atoms with Gasteiger partial charge in [0.2, 0.25) is 0 Å². The molecule has 0 aliphatic carbocycles. The lowest BCUT2D eigenvalue weighted by atomic mass is 9.86. The van der Waals surface area contributed by atoms with Gasteiger partial charge in [0, 0.05) is 29.9 Å².